The normalized spacial score (nSPS) is 16.1. The van der Waals surface area contributed by atoms with E-state index in [4.69, 9.17) is 32.7 Å². The zero-order valence-electron chi connectivity index (χ0n) is 19.7. The molecule has 1 saturated heterocycles. The fourth-order valence-electron chi connectivity index (χ4n) is 4.13. The van der Waals surface area contributed by atoms with Gasteiger partial charge in [-0.15, -0.1) is 0 Å². The molecule has 1 fully saturated rings. The number of methoxy groups -OCH3 is 1. The second-order valence-corrected chi connectivity index (χ2v) is 11.2. The molecule has 4 rings (SSSR count). The highest BCUT2D eigenvalue weighted by Crippen LogP contribution is 2.28. The number of halogens is 3. The molecule has 0 unspecified atom stereocenters. The first-order valence-electron chi connectivity index (χ1n) is 11.4. The molecule has 192 valence electrons. The van der Waals surface area contributed by atoms with Crippen molar-refractivity contribution in [1.29, 1.82) is 0 Å². The molecule has 1 aliphatic heterocycles. The first kappa shape index (κ1) is 26.9. The van der Waals surface area contributed by atoms with E-state index in [-0.39, 0.29) is 24.2 Å². The van der Waals surface area contributed by atoms with Crippen molar-refractivity contribution in [2.24, 2.45) is 0 Å². The van der Waals surface area contributed by atoms with Crippen molar-refractivity contribution in [3.05, 3.63) is 93.7 Å². The third kappa shape index (κ3) is 6.37. The Morgan fingerprint density at radius 3 is 2.42 bits per heavy atom. The van der Waals surface area contributed by atoms with Gasteiger partial charge < -0.3 is 9.47 Å². The predicted octanol–water partition coefficient (Wildman–Crippen LogP) is 5.41. The van der Waals surface area contributed by atoms with Gasteiger partial charge in [0.2, 0.25) is 10.0 Å². The number of hydrogen-bond acceptors (Lipinski definition) is 5. The highest BCUT2D eigenvalue weighted by Gasteiger charge is 2.32. The smallest absolute Gasteiger partial charge is 0.246 e. The largest absolute Gasteiger partial charge is 0.497 e. The minimum absolute atomic E-state index is 0.215. The minimum Gasteiger partial charge on any atom is -0.497 e. The summed E-state index contributed by atoms with van der Waals surface area (Å²) in [7, 11) is -2.38. The van der Waals surface area contributed by atoms with Gasteiger partial charge in [-0.3, -0.25) is 4.90 Å². The quantitative estimate of drug-likeness (QED) is 0.355. The van der Waals surface area contributed by atoms with Crippen LogP contribution < -0.4 is 4.74 Å². The summed E-state index contributed by atoms with van der Waals surface area (Å²) >= 11 is 11.9. The monoisotopic (exact) mass is 552 g/mol. The van der Waals surface area contributed by atoms with E-state index in [0.717, 1.165) is 16.9 Å². The second-order valence-electron chi connectivity index (χ2n) is 8.46. The topological polar surface area (TPSA) is 59.1 Å². The maximum Gasteiger partial charge on any atom is 0.246 e. The summed E-state index contributed by atoms with van der Waals surface area (Å²) in [6.45, 7) is 2.32. The van der Waals surface area contributed by atoms with E-state index in [2.05, 4.69) is 4.90 Å². The van der Waals surface area contributed by atoms with E-state index in [1.54, 1.807) is 7.11 Å². The predicted molar refractivity (Wildman–Crippen MR) is 139 cm³/mol. The van der Waals surface area contributed by atoms with E-state index in [9.17, 15) is 12.8 Å². The highest BCUT2D eigenvalue weighted by atomic mass is 35.5. The zero-order valence-corrected chi connectivity index (χ0v) is 22.1. The Labute approximate surface area is 221 Å². The van der Waals surface area contributed by atoms with Gasteiger partial charge in [-0.05, 0) is 47.5 Å². The van der Waals surface area contributed by atoms with Gasteiger partial charge in [-0.2, -0.15) is 4.31 Å². The molecule has 0 bridgehead atoms. The van der Waals surface area contributed by atoms with Crippen LogP contribution in [-0.4, -0.2) is 57.5 Å². The molecule has 0 aliphatic carbocycles. The summed E-state index contributed by atoms with van der Waals surface area (Å²) in [5, 5.41) is 0.426. The van der Waals surface area contributed by atoms with Crippen LogP contribution in [0.15, 0.2) is 71.6 Å². The van der Waals surface area contributed by atoms with E-state index >= 15 is 0 Å². The Balaban J connectivity index is 1.45. The van der Waals surface area contributed by atoms with Crippen molar-refractivity contribution in [1.82, 2.24) is 9.21 Å². The van der Waals surface area contributed by atoms with Crippen LogP contribution in [0.1, 0.15) is 17.2 Å². The SMILES string of the molecule is COc1cccc([C@H](CN2CCN(S(=O)(=O)c3cccc(Cl)c3F)CC2)OCc2cccc(Cl)c2)c1. The molecule has 3 aromatic rings. The molecule has 0 saturated carbocycles. The van der Waals surface area contributed by atoms with Crippen molar-refractivity contribution in [3.63, 3.8) is 0 Å². The Kier molecular flexibility index (Phi) is 8.87. The first-order valence-corrected chi connectivity index (χ1v) is 13.6. The van der Waals surface area contributed by atoms with E-state index < -0.39 is 20.7 Å². The van der Waals surface area contributed by atoms with Crippen LogP contribution in [0, 0.1) is 5.82 Å². The second kappa shape index (κ2) is 11.9. The maximum atomic E-state index is 14.4. The third-order valence-corrected chi connectivity index (χ3v) is 8.54. The Morgan fingerprint density at radius 1 is 0.972 bits per heavy atom. The molecule has 6 nitrogen and oxygen atoms in total. The fourth-order valence-corrected chi connectivity index (χ4v) is 6.08. The van der Waals surface area contributed by atoms with Crippen molar-refractivity contribution in [2.45, 2.75) is 17.6 Å². The number of nitrogens with zero attached hydrogens (tertiary/aromatic N) is 2. The van der Waals surface area contributed by atoms with Gasteiger partial charge in [0, 0.05) is 37.7 Å². The van der Waals surface area contributed by atoms with E-state index in [1.165, 1.54) is 22.5 Å². The lowest BCUT2D eigenvalue weighted by Crippen LogP contribution is -2.49. The molecular formula is C26H27Cl2FN2O4S. The van der Waals surface area contributed by atoms with Gasteiger partial charge in [-0.1, -0.05) is 53.5 Å². The summed E-state index contributed by atoms with van der Waals surface area (Å²) in [6, 6.07) is 19.2. The van der Waals surface area contributed by atoms with Crippen LogP contribution in [0.25, 0.3) is 0 Å². The first-order chi connectivity index (χ1) is 17.3. The van der Waals surface area contributed by atoms with Crippen LogP contribution >= 0.6 is 23.2 Å². The minimum atomic E-state index is -3.99. The Bertz CT molecular complexity index is 1300. The van der Waals surface area contributed by atoms with Crippen LogP contribution in [0.5, 0.6) is 5.75 Å². The average molecular weight is 553 g/mol. The lowest BCUT2D eigenvalue weighted by atomic mass is 10.1. The highest BCUT2D eigenvalue weighted by molar-refractivity contribution is 7.89. The molecular weight excluding hydrogens is 526 g/mol. The lowest BCUT2D eigenvalue weighted by Gasteiger charge is -2.36. The number of rotatable bonds is 9. The molecule has 0 N–H and O–H groups in total. The molecule has 1 heterocycles. The Morgan fingerprint density at radius 2 is 1.69 bits per heavy atom. The Hall–Kier alpha value is -2.20. The summed E-state index contributed by atoms with van der Waals surface area (Å²) in [5.74, 6) is -0.197. The van der Waals surface area contributed by atoms with Gasteiger partial charge in [0.15, 0.2) is 5.82 Å². The molecule has 3 aromatic carbocycles. The van der Waals surface area contributed by atoms with Crippen LogP contribution in [0.4, 0.5) is 4.39 Å². The van der Waals surface area contributed by atoms with Crippen LogP contribution in [-0.2, 0) is 21.4 Å². The van der Waals surface area contributed by atoms with Crippen molar-refractivity contribution in [2.75, 3.05) is 39.8 Å². The molecule has 0 amide bonds. The van der Waals surface area contributed by atoms with Crippen molar-refractivity contribution in [3.8, 4) is 5.75 Å². The van der Waals surface area contributed by atoms with E-state index in [1.807, 2.05) is 48.5 Å². The summed E-state index contributed by atoms with van der Waals surface area (Å²) in [5.41, 5.74) is 1.90. The van der Waals surface area contributed by atoms with E-state index in [0.29, 0.717) is 31.3 Å². The number of benzene rings is 3. The summed E-state index contributed by atoms with van der Waals surface area (Å²) < 4.78 is 53.5. The van der Waals surface area contributed by atoms with Crippen LogP contribution in [0.2, 0.25) is 10.0 Å². The molecule has 10 heteroatoms. The van der Waals surface area contributed by atoms with Crippen molar-refractivity contribution < 1.29 is 22.3 Å². The average Bonchev–Trinajstić information content (AvgIpc) is 2.88. The number of ether oxygens (including phenoxy) is 2. The number of sulfonamides is 1. The molecule has 36 heavy (non-hydrogen) atoms. The molecule has 0 radical (unpaired) electrons. The van der Waals surface area contributed by atoms with Gasteiger partial charge >= 0.3 is 0 Å². The maximum absolute atomic E-state index is 14.4. The summed E-state index contributed by atoms with van der Waals surface area (Å²) in [6.07, 6.45) is -0.285. The summed E-state index contributed by atoms with van der Waals surface area (Å²) in [4.78, 5) is 1.74. The third-order valence-electron chi connectivity index (χ3n) is 6.10. The number of hydrogen-bond donors (Lipinski definition) is 0. The molecule has 1 atom stereocenters. The van der Waals surface area contributed by atoms with Gasteiger partial charge in [-0.25, -0.2) is 12.8 Å². The van der Waals surface area contributed by atoms with Crippen LogP contribution in [0.3, 0.4) is 0 Å². The number of piperazine rings is 1. The standard InChI is InChI=1S/C26H27Cl2FN2O4S/c1-34-22-8-3-6-20(16-22)24(35-18-19-5-2-7-21(27)15-19)17-30-11-13-31(14-12-30)36(32,33)25-10-4-9-23(28)26(25)29/h2-10,15-16,24H,11-14,17-18H2,1H3/t24-/m0/s1. The molecule has 0 spiro atoms. The van der Waals surface area contributed by atoms with Gasteiger partial charge in [0.05, 0.1) is 24.8 Å². The van der Waals surface area contributed by atoms with Gasteiger partial charge in [0.1, 0.15) is 10.6 Å². The van der Waals surface area contributed by atoms with Gasteiger partial charge in [0.25, 0.3) is 0 Å². The van der Waals surface area contributed by atoms with Crippen molar-refractivity contribution >= 4 is 33.2 Å². The lowest BCUT2D eigenvalue weighted by molar-refractivity contribution is 0.00762. The zero-order chi connectivity index (χ0) is 25.7. The molecule has 1 aliphatic rings. The molecule has 0 aromatic heterocycles. The fraction of sp³-hybridized carbons (Fsp3) is 0.308.